The lowest BCUT2D eigenvalue weighted by Gasteiger charge is -2.27. The van der Waals surface area contributed by atoms with Crippen LogP contribution in [0.1, 0.15) is 10.4 Å². The van der Waals surface area contributed by atoms with Crippen LogP contribution in [0.15, 0.2) is 21.9 Å². The number of piperazine rings is 1. The van der Waals surface area contributed by atoms with Crippen molar-refractivity contribution < 1.29 is 4.79 Å². The van der Waals surface area contributed by atoms with E-state index in [4.69, 9.17) is 0 Å². The highest BCUT2D eigenvalue weighted by molar-refractivity contribution is 5.96. The number of rotatable bonds is 4. The third-order valence-electron chi connectivity index (χ3n) is 4.48. The number of amides is 1. The molecule has 25 heavy (non-hydrogen) atoms. The summed E-state index contributed by atoms with van der Waals surface area (Å²) in [4.78, 5) is 42.9. The van der Waals surface area contributed by atoms with Gasteiger partial charge in [-0.15, -0.1) is 0 Å². The lowest BCUT2D eigenvalue weighted by Crippen LogP contribution is -2.46. The molecule has 134 valence electrons. The van der Waals surface area contributed by atoms with Crippen LogP contribution >= 0.6 is 0 Å². The lowest BCUT2D eigenvalue weighted by atomic mass is 10.2. The van der Waals surface area contributed by atoms with Gasteiger partial charge < -0.3 is 10.6 Å². The maximum atomic E-state index is 12.3. The van der Waals surface area contributed by atoms with Gasteiger partial charge in [-0.05, 0) is 6.07 Å². The molecule has 2 aromatic rings. The van der Waals surface area contributed by atoms with Crippen molar-refractivity contribution >= 4 is 16.9 Å². The van der Waals surface area contributed by atoms with Gasteiger partial charge in [-0.1, -0.05) is 0 Å². The van der Waals surface area contributed by atoms with Crippen LogP contribution in [0.2, 0.25) is 0 Å². The number of carbonyl (C=O) groups is 1. The zero-order valence-electron chi connectivity index (χ0n) is 14.4. The summed E-state index contributed by atoms with van der Waals surface area (Å²) in [5, 5.41) is 6.38. The smallest absolute Gasteiger partial charge is 0.332 e. The molecule has 9 nitrogen and oxygen atoms in total. The minimum Gasteiger partial charge on any atom is -0.351 e. The van der Waals surface area contributed by atoms with Gasteiger partial charge in [0.05, 0.1) is 10.9 Å². The van der Waals surface area contributed by atoms with Crippen LogP contribution < -0.4 is 21.9 Å². The summed E-state index contributed by atoms with van der Waals surface area (Å²) >= 11 is 0. The minimum absolute atomic E-state index is 0.249. The first-order valence-corrected chi connectivity index (χ1v) is 8.26. The van der Waals surface area contributed by atoms with Crippen molar-refractivity contribution in [2.24, 2.45) is 14.1 Å². The predicted molar refractivity (Wildman–Crippen MR) is 93.9 cm³/mol. The Kier molecular flexibility index (Phi) is 4.95. The molecule has 0 aromatic carbocycles. The van der Waals surface area contributed by atoms with Gasteiger partial charge in [0.15, 0.2) is 0 Å². The van der Waals surface area contributed by atoms with Crippen LogP contribution in [-0.2, 0) is 14.1 Å². The van der Waals surface area contributed by atoms with Crippen LogP contribution in [0.3, 0.4) is 0 Å². The van der Waals surface area contributed by atoms with Crippen LogP contribution in [0.5, 0.6) is 0 Å². The van der Waals surface area contributed by atoms with Gasteiger partial charge in [-0.2, -0.15) is 0 Å². The van der Waals surface area contributed by atoms with Crippen molar-refractivity contribution in [3.8, 4) is 0 Å². The summed E-state index contributed by atoms with van der Waals surface area (Å²) in [6, 6.07) is 1.49. The fourth-order valence-corrected chi connectivity index (χ4v) is 2.95. The van der Waals surface area contributed by atoms with Gasteiger partial charge >= 0.3 is 5.69 Å². The molecule has 0 aliphatic carbocycles. The molecule has 0 bridgehead atoms. The molecule has 1 fully saturated rings. The first-order valence-electron chi connectivity index (χ1n) is 8.26. The van der Waals surface area contributed by atoms with Crippen LogP contribution in [0.4, 0.5) is 0 Å². The van der Waals surface area contributed by atoms with Gasteiger partial charge in [0.2, 0.25) is 0 Å². The predicted octanol–water partition coefficient (Wildman–Crippen LogP) is -1.73. The summed E-state index contributed by atoms with van der Waals surface area (Å²) in [5.74, 6) is -0.277. The average Bonchev–Trinajstić information content (AvgIpc) is 2.65. The summed E-state index contributed by atoms with van der Waals surface area (Å²) in [7, 11) is 2.95. The Morgan fingerprint density at radius 1 is 1.24 bits per heavy atom. The maximum Gasteiger partial charge on any atom is 0.332 e. The first-order chi connectivity index (χ1) is 12.0. The second-order valence-corrected chi connectivity index (χ2v) is 6.15. The molecule has 0 radical (unpaired) electrons. The van der Waals surface area contributed by atoms with Crippen molar-refractivity contribution in [1.29, 1.82) is 0 Å². The molecule has 2 aromatic heterocycles. The molecule has 2 N–H and O–H groups in total. The Bertz CT molecular complexity index is 910. The van der Waals surface area contributed by atoms with E-state index in [1.807, 2.05) is 0 Å². The summed E-state index contributed by atoms with van der Waals surface area (Å²) in [6.07, 6.45) is 1.39. The number of carbonyl (C=O) groups excluding carboxylic acids is 1. The fourth-order valence-electron chi connectivity index (χ4n) is 2.95. The first kappa shape index (κ1) is 17.3. The highest BCUT2D eigenvalue weighted by Crippen LogP contribution is 2.07. The van der Waals surface area contributed by atoms with E-state index in [1.165, 1.54) is 23.9 Å². The number of pyridine rings is 1. The number of nitrogens with one attached hydrogen (secondary N) is 2. The summed E-state index contributed by atoms with van der Waals surface area (Å²) in [6.45, 7) is 5.18. The zero-order valence-corrected chi connectivity index (χ0v) is 14.4. The third kappa shape index (κ3) is 3.47. The van der Waals surface area contributed by atoms with E-state index in [1.54, 1.807) is 7.05 Å². The van der Waals surface area contributed by atoms with Crippen molar-refractivity contribution in [1.82, 2.24) is 29.7 Å². The van der Waals surface area contributed by atoms with Gasteiger partial charge in [-0.25, -0.2) is 9.78 Å². The Labute approximate surface area is 144 Å². The van der Waals surface area contributed by atoms with Crippen LogP contribution in [-0.4, -0.2) is 64.2 Å². The molecule has 9 heteroatoms. The number of aromatic nitrogens is 3. The summed E-state index contributed by atoms with van der Waals surface area (Å²) in [5.41, 5.74) is -0.326. The SMILES string of the molecule is Cn1c(=O)c2cc(C(=O)NCCN3CCNCC3)cnc2n(C)c1=O. The van der Waals surface area contributed by atoms with Crippen LogP contribution in [0.25, 0.3) is 11.0 Å². The molecule has 0 unspecified atom stereocenters. The molecule has 1 aliphatic rings. The topological polar surface area (TPSA) is 101 Å². The molecule has 1 saturated heterocycles. The van der Waals surface area contributed by atoms with Crippen LogP contribution in [0, 0.1) is 0 Å². The maximum absolute atomic E-state index is 12.3. The van der Waals surface area contributed by atoms with E-state index >= 15 is 0 Å². The quantitative estimate of drug-likeness (QED) is 0.682. The molecule has 3 rings (SSSR count). The monoisotopic (exact) mass is 346 g/mol. The number of aryl methyl sites for hydroxylation is 1. The highest BCUT2D eigenvalue weighted by Gasteiger charge is 2.14. The van der Waals surface area contributed by atoms with E-state index in [9.17, 15) is 14.4 Å². The number of hydrogen-bond acceptors (Lipinski definition) is 6. The highest BCUT2D eigenvalue weighted by atomic mass is 16.2. The average molecular weight is 346 g/mol. The molecule has 0 atom stereocenters. The number of nitrogens with zero attached hydrogens (tertiary/aromatic N) is 4. The largest absolute Gasteiger partial charge is 0.351 e. The molecular formula is C16H22N6O3. The van der Waals surface area contributed by atoms with E-state index in [0.29, 0.717) is 12.1 Å². The van der Waals surface area contributed by atoms with Crippen molar-refractivity contribution in [2.45, 2.75) is 0 Å². The van der Waals surface area contributed by atoms with Crippen molar-refractivity contribution in [3.05, 3.63) is 38.7 Å². The van der Waals surface area contributed by atoms with E-state index in [2.05, 4.69) is 20.5 Å². The third-order valence-corrected chi connectivity index (χ3v) is 4.48. The second kappa shape index (κ2) is 7.16. The normalized spacial score (nSPS) is 15.4. The molecule has 1 amide bonds. The van der Waals surface area contributed by atoms with Gasteiger partial charge in [0.1, 0.15) is 5.65 Å². The zero-order chi connectivity index (χ0) is 18.0. The Hall–Kier alpha value is -2.52. The molecule has 3 heterocycles. The summed E-state index contributed by atoms with van der Waals surface area (Å²) < 4.78 is 2.30. The van der Waals surface area contributed by atoms with E-state index in [-0.39, 0.29) is 16.9 Å². The Morgan fingerprint density at radius 3 is 2.68 bits per heavy atom. The molecule has 1 aliphatic heterocycles. The standard InChI is InChI=1S/C16H22N6O3/c1-20-13-12(15(24)21(2)16(20)25)9-11(10-19-13)14(23)18-5-8-22-6-3-17-4-7-22/h9-10,17H,3-8H2,1-2H3,(H,18,23). The van der Waals surface area contributed by atoms with Crippen molar-refractivity contribution in [2.75, 3.05) is 39.3 Å². The van der Waals surface area contributed by atoms with Gasteiger partial charge in [-0.3, -0.25) is 23.6 Å². The minimum atomic E-state index is -0.457. The molecule has 0 saturated carbocycles. The number of hydrogen-bond donors (Lipinski definition) is 2. The fraction of sp³-hybridized carbons (Fsp3) is 0.500. The number of fused-ring (bicyclic) bond motifs is 1. The molecular weight excluding hydrogens is 324 g/mol. The lowest BCUT2D eigenvalue weighted by molar-refractivity contribution is 0.0947. The second-order valence-electron chi connectivity index (χ2n) is 6.15. The molecule has 0 spiro atoms. The Morgan fingerprint density at radius 2 is 1.96 bits per heavy atom. The van der Waals surface area contributed by atoms with Gasteiger partial charge in [0, 0.05) is 59.6 Å². The van der Waals surface area contributed by atoms with E-state index in [0.717, 1.165) is 37.3 Å². The van der Waals surface area contributed by atoms with Gasteiger partial charge in [0.25, 0.3) is 11.5 Å². The van der Waals surface area contributed by atoms with Crippen molar-refractivity contribution in [3.63, 3.8) is 0 Å². The Balaban J connectivity index is 1.76. The van der Waals surface area contributed by atoms with E-state index < -0.39 is 11.2 Å².